The van der Waals surface area contributed by atoms with Crippen LogP contribution in [0.15, 0.2) is 30.3 Å². The summed E-state index contributed by atoms with van der Waals surface area (Å²) in [5, 5.41) is 0.557. The summed E-state index contributed by atoms with van der Waals surface area (Å²) in [5.41, 5.74) is 4.17. The van der Waals surface area contributed by atoms with Crippen molar-refractivity contribution in [1.29, 1.82) is 0 Å². The summed E-state index contributed by atoms with van der Waals surface area (Å²) in [5.74, 6) is 0.569. The van der Waals surface area contributed by atoms with E-state index in [1.165, 1.54) is 0 Å². The standard InChI is InChI=1S/C17H17ClO2/c1-10-6-8-14(17(20-4)12(10)3)16(19)15-9-13(18)7-5-11(15)2/h5-9H,1-4H3. The number of carbonyl (C=O) groups excluding carboxylic acids is 1. The normalized spacial score (nSPS) is 10.4. The predicted octanol–water partition coefficient (Wildman–Crippen LogP) is 4.50. The lowest BCUT2D eigenvalue weighted by Crippen LogP contribution is -2.07. The highest BCUT2D eigenvalue weighted by Gasteiger charge is 2.18. The van der Waals surface area contributed by atoms with E-state index in [0.717, 1.165) is 16.7 Å². The van der Waals surface area contributed by atoms with Gasteiger partial charge in [0.25, 0.3) is 0 Å². The van der Waals surface area contributed by atoms with Gasteiger partial charge in [0, 0.05) is 10.6 Å². The lowest BCUT2D eigenvalue weighted by molar-refractivity contribution is 0.103. The zero-order chi connectivity index (χ0) is 14.9. The number of aryl methyl sites for hydroxylation is 2. The first-order valence-corrected chi connectivity index (χ1v) is 6.78. The number of ether oxygens (including phenoxy) is 1. The molecule has 0 amide bonds. The zero-order valence-electron chi connectivity index (χ0n) is 12.1. The third-order valence-electron chi connectivity index (χ3n) is 3.57. The summed E-state index contributed by atoms with van der Waals surface area (Å²) in [6, 6.07) is 9.08. The number of methoxy groups -OCH3 is 1. The fourth-order valence-electron chi connectivity index (χ4n) is 2.22. The van der Waals surface area contributed by atoms with Crippen molar-refractivity contribution in [3.63, 3.8) is 0 Å². The largest absolute Gasteiger partial charge is 0.496 e. The molecule has 3 heteroatoms. The van der Waals surface area contributed by atoms with Crippen LogP contribution in [0, 0.1) is 20.8 Å². The van der Waals surface area contributed by atoms with E-state index in [1.54, 1.807) is 19.2 Å². The van der Waals surface area contributed by atoms with Gasteiger partial charge in [0.15, 0.2) is 5.78 Å². The van der Waals surface area contributed by atoms with Gasteiger partial charge in [0.05, 0.1) is 12.7 Å². The first-order valence-electron chi connectivity index (χ1n) is 6.40. The van der Waals surface area contributed by atoms with E-state index in [9.17, 15) is 4.79 Å². The van der Waals surface area contributed by atoms with Crippen molar-refractivity contribution in [2.75, 3.05) is 7.11 Å². The molecule has 0 heterocycles. The summed E-state index contributed by atoms with van der Waals surface area (Å²) in [7, 11) is 1.59. The monoisotopic (exact) mass is 288 g/mol. The van der Waals surface area contributed by atoms with Gasteiger partial charge in [0.1, 0.15) is 5.75 Å². The predicted molar refractivity (Wildman–Crippen MR) is 82.1 cm³/mol. The summed E-state index contributed by atoms with van der Waals surface area (Å²) >= 11 is 6.00. The van der Waals surface area contributed by atoms with Crippen LogP contribution in [-0.4, -0.2) is 12.9 Å². The number of halogens is 1. The van der Waals surface area contributed by atoms with Gasteiger partial charge in [-0.2, -0.15) is 0 Å². The third kappa shape index (κ3) is 2.56. The molecular formula is C17H17ClO2. The zero-order valence-corrected chi connectivity index (χ0v) is 12.8. The Kier molecular flexibility index (Phi) is 4.15. The fraction of sp³-hybridized carbons (Fsp3) is 0.235. The Labute approximate surface area is 124 Å². The molecule has 0 saturated carbocycles. The highest BCUT2D eigenvalue weighted by molar-refractivity contribution is 6.31. The van der Waals surface area contributed by atoms with Crippen molar-refractivity contribution < 1.29 is 9.53 Å². The summed E-state index contributed by atoms with van der Waals surface area (Å²) < 4.78 is 5.42. The van der Waals surface area contributed by atoms with Crippen molar-refractivity contribution in [2.24, 2.45) is 0 Å². The highest BCUT2D eigenvalue weighted by Crippen LogP contribution is 2.29. The molecule has 0 aliphatic carbocycles. The summed E-state index contributed by atoms with van der Waals surface area (Å²) in [6.45, 7) is 5.85. The van der Waals surface area contributed by atoms with Gasteiger partial charge in [-0.3, -0.25) is 4.79 Å². The molecule has 0 saturated heterocycles. The van der Waals surface area contributed by atoms with E-state index in [-0.39, 0.29) is 5.78 Å². The van der Waals surface area contributed by atoms with Crippen molar-refractivity contribution >= 4 is 17.4 Å². The molecule has 0 aromatic heterocycles. The van der Waals surface area contributed by atoms with Crippen molar-refractivity contribution in [1.82, 2.24) is 0 Å². The van der Waals surface area contributed by atoms with Gasteiger partial charge >= 0.3 is 0 Å². The van der Waals surface area contributed by atoms with E-state index in [0.29, 0.717) is 21.9 Å². The molecule has 20 heavy (non-hydrogen) atoms. The first kappa shape index (κ1) is 14.6. The van der Waals surface area contributed by atoms with Crippen LogP contribution in [0.4, 0.5) is 0 Å². The molecule has 0 N–H and O–H groups in total. The van der Waals surface area contributed by atoms with Gasteiger partial charge in [-0.15, -0.1) is 0 Å². The molecule has 2 rings (SSSR count). The van der Waals surface area contributed by atoms with Crippen LogP contribution in [0.3, 0.4) is 0 Å². The van der Waals surface area contributed by atoms with Crippen LogP contribution in [0.1, 0.15) is 32.6 Å². The molecule has 0 fully saturated rings. The fourth-order valence-corrected chi connectivity index (χ4v) is 2.39. The molecule has 2 nitrogen and oxygen atoms in total. The second-order valence-corrected chi connectivity index (χ2v) is 5.31. The second kappa shape index (κ2) is 5.68. The number of carbonyl (C=O) groups is 1. The van der Waals surface area contributed by atoms with Crippen LogP contribution in [0.5, 0.6) is 5.75 Å². The first-order chi connectivity index (χ1) is 9.45. The van der Waals surface area contributed by atoms with Gasteiger partial charge in [-0.05, 0) is 55.7 Å². The quantitative estimate of drug-likeness (QED) is 0.777. The van der Waals surface area contributed by atoms with Gasteiger partial charge in [-0.25, -0.2) is 0 Å². The average molecular weight is 289 g/mol. The topological polar surface area (TPSA) is 26.3 Å². The van der Waals surface area contributed by atoms with Crippen molar-refractivity contribution in [3.05, 3.63) is 63.2 Å². The van der Waals surface area contributed by atoms with Crippen molar-refractivity contribution in [2.45, 2.75) is 20.8 Å². The maximum Gasteiger partial charge on any atom is 0.197 e. The smallest absolute Gasteiger partial charge is 0.197 e. The molecule has 0 atom stereocenters. The van der Waals surface area contributed by atoms with Crippen molar-refractivity contribution in [3.8, 4) is 5.75 Å². The molecule has 0 aliphatic rings. The molecule has 0 radical (unpaired) electrons. The van der Waals surface area contributed by atoms with Crippen LogP contribution >= 0.6 is 11.6 Å². The molecule has 2 aromatic carbocycles. The number of benzene rings is 2. The molecule has 2 aromatic rings. The van der Waals surface area contributed by atoms with Crippen LogP contribution in [-0.2, 0) is 0 Å². The van der Waals surface area contributed by atoms with E-state index in [1.807, 2.05) is 39.0 Å². The highest BCUT2D eigenvalue weighted by atomic mass is 35.5. The lowest BCUT2D eigenvalue weighted by Gasteiger charge is -2.13. The second-order valence-electron chi connectivity index (χ2n) is 4.88. The lowest BCUT2D eigenvalue weighted by atomic mass is 9.95. The number of ketones is 1. The number of hydrogen-bond donors (Lipinski definition) is 0. The Morgan fingerprint density at radius 3 is 2.30 bits per heavy atom. The Morgan fingerprint density at radius 2 is 1.65 bits per heavy atom. The summed E-state index contributed by atoms with van der Waals surface area (Å²) in [4.78, 5) is 12.7. The maximum atomic E-state index is 12.7. The van der Waals surface area contributed by atoms with E-state index >= 15 is 0 Å². The molecule has 0 bridgehead atoms. The maximum absolute atomic E-state index is 12.7. The van der Waals surface area contributed by atoms with Crippen LogP contribution in [0.2, 0.25) is 5.02 Å². The molecule has 0 spiro atoms. The van der Waals surface area contributed by atoms with E-state index in [4.69, 9.17) is 16.3 Å². The van der Waals surface area contributed by atoms with Gasteiger partial charge in [-0.1, -0.05) is 23.7 Å². The average Bonchev–Trinajstić information content (AvgIpc) is 2.43. The Morgan fingerprint density at radius 1 is 1.00 bits per heavy atom. The van der Waals surface area contributed by atoms with E-state index in [2.05, 4.69) is 0 Å². The Hall–Kier alpha value is -1.80. The molecular weight excluding hydrogens is 272 g/mol. The van der Waals surface area contributed by atoms with Crippen LogP contribution in [0.25, 0.3) is 0 Å². The molecule has 0 unspecified atom stereocenters. The summed E-state index contributed by atoms with van der Waals surface area (Å²) in [6.07, 6.45) is 0. The number of hydrogen-bond acceptors (Lipinski definition) is 2. The van der Waals surface area contributed by atoms with Gasteiger partial charge in [0.2, 0.25) is 0 Å². The Balaban J connectivity index is 2.59. The molecule has 104 valence electrons. The number of rotatable bonds is 3. The van der Waals surface area contributed by atoms with E-state index < -0.39 is 0 Å². The van der Waals surface area contributed by atoms with Gasteiger partial charge < -0.3 is 4.74 Å². The Bertz CT molecular complexity index is 675. The minimum Gasteiger partial charge on any atom is -0.496 e. The molecule has 0 aliphatic heterocycles. The minimum absolute atomic E-state index is 0.0649. The third-order valence-corrected chi connectivity index (χ3v) is 3.80. The SMILES string of the molecule is COc1c(C(=O)c2cc(Cl)ccc2C)ccc(C)c1C. The minimum atomic E-state index is -0.0649. The van der Waals surface area contributed by atoms with Crippen LogP contribution < -0.4 is 4.74 Å².